The Kier molecular flexibility index (Phi) is 4.71. The molecule has 1 aromatic heterocycles. The highest BCUT2D eigenvalue weighted by molar-refractivity contribution is 14.1. The first-order chi connectivity index (χ1) is 9.17. The van der Waals surface area contributed by atoms with Crippen LogP contribution in [0, 0.1) is 9.39 Å². The molecular weight excluding hydrogens is 358 g/mol. The van der Waals surface area contributed by atoms with E-state index in [-0.39, 0.29) is 11.9 Å². The number of hydrogen-bond acceptors (Lipinski definition) is 3. The molecule has 5 heteroatoms. The highest BCUT2D eigenvalue weighted by Gasteiger charge is 2.20. The van der Waals surface area contributed by atoms with Crippen LogP contribution in [0.1, 0.15) is 17.3 Å². The highest BCUT2D eigenvalue weighted by Crippen LogP contribution is 2.30. The van der Waals surface area contributed by atoms with Gasteiger partial charge in [0.25, 0.3) is 0 Å². The summed E-state index contributed by atoms with van der Waals surface area (Å²) in [5, 5.41) is 3.20. The third-order valence-electron chi connectivity index (χ3n) is 2.86. The van der Waals surface area contributed by atoms with Crippen LogP contribution in [0.15, 0.2) is 36.5 Å². The molecule has 0 radical (unpaired) electrons. The van der Waals surface area contributed by atoms with Gasteiger partial charge in [0, 0.05) is 9.77 Å². The molecule has 1 N–H and O–H groups in total. The predicted octanol–water partition coefficient (Wildman–Crippen LogP) is 3.14. The van der Waals surface area contributed by atoms with Crippen LogP contribution in [0.2, 0.25) is 0 Å². The van der Waals surface area contributed by atoms with Crippen LogP contribution < -0.4 is 10.1 Å². The van der Waals surface area contributed by atoms with Gasteiger partial charge in [0.05, 0.1) is 13.2 Å². The zero-order valence-corrected chi connectivity index (χ0v) is 12.8. The molecule has 1 atom stereocenters. The van der Waals surface area contributed by atoms with E-state index in [2.05, 4.69) is 32.9 Å². The van der Waals surface area contributed by atoms with Gasteiger partial charge in [-0.1, -0.05) is 6.07 Å². The fourth-order valence-electron chi connectivity index (χ4n) is 1.97. The Balaban J connectivity index is 2.50. The van der Waals surface area contributed by atoms with E-state index in [4.69, 9.17) is 4.74 Å². The lowest BCUT2D eigenvalue weighted by molar-refractivity contribution is 0.401. The van der Waals surface area contributed by atoms with Crippen molar-refractivity contribution in [3.8, 4) is 5.75 Å². The van der Waals surface area contributed by atoms with Crippen LogP contribution >= 0.6 is 22.6 Å². The monoisotopic (exact) mass is 372 g/mol. The Morgan fingerprint density at radius 1 is 1.37 bits per heavy atom. The van der Waals surface area contributed by atoms with Gasteiger partial charge in [-0.3, -0.25) is 4.98 Å². The minimum absolute atomic E-state index is 0.136. The van der Waals surface area contributed by atoms with E-state index in [1.807, 2.05) is 19.2 Å². The molecule has 2 aromatic rings. The van der Waals surface area contributed by atoms with Crippen molar-refractivity contribution < 1.29 is 9.13 Å². The summed E-state index contributed by atoms with van der Waals surface area (Å²) >= 11 is 2.13. The van der Waals surface area contributed by atoms with E-state index in [1.165, 1.54) is 12.1 Å². The summed E-state index contributed by atoms with van der Waals surface area (Å²) in [6, 6.07) is 8.29. The fraction of sp³-hybridized carbons (Fsp3) is 0.214. The van der Waals surface area contributed by atoms with Gasteiger partial charge in [-0.05, 0) is 59.5 Å². The average molecular weight is 372 g/mol. The van der Waals surface area contributed by atoms with Crippen LogP contribution in [0.25, 0.3) is 0 Å². The molecule has 2 rings (SSSR count). The molecular formula is C14H14FIN2O. The van der Waals surface area contributed by atoms with Gasteiger partial charge in [-0.25, -0.2) is 4.39 Å². The van der Waals surface area contributed by atoms with Crippen molar-refractivity contribution in [2.45, 2.75) is 6.04 Å². The molecule has 0 saturated heterocycles. The number of pyridine rings is 1. The van der Waals surface area contributed by atoms with Crippen molar-refractivity contribution in [1.29, 1.82) is 0 Å². The molecule has 0 saturated carbocycles. The largest absolute Gasteiger partial charge is 0.495 e. The second kappa shape index (κ2) is 6.29. The molecule has 0 fully saturated rings. The SMILES string of the molecule is CNC(c1ccc(F)cc1I)c1ncccc1OC. The minimum atomic E-state index is -0.240. The Hall–Kier alpha value is -1.21. The minimum Gasteiger partial charge on any atom is -0.495 e. The lowest BCUT2D eigenvalue weighted by atomic mass is 10.0. The van der Waals surface area contributed by atoms with Gasteiger partial charge >= 0.3 is 0 Å². The maximum Gasteiger partial charge on any atom is 0.142 e. The zero-order valence-electron chi connectivity index (χ0n) is 10.7. The first kappa shape index (κ1) is 14.2. The van der Waals surface area contributed by atoms with E-state index >= 15 is 0 Å². The molecule has 100 valence electrons. The van der Waals surface area contributed by atoms with Crippen molar-refractivity contribution in [2.75, 3.05) is 14.2 Å². The number of halogens is 2. The molecule has 3 nitrogen and oxygen atoms in total. The second-order valence-electron chi connectivity index (χ2n) is 3.98. The molecule has 0 aliphatic carbocycles. The van der Waals surface area contributed by atoms with E-state index in [0.717, 1.165) is 14.8 Å². The Labute approximate surface area is 125 Å². The van der Waals surface area contributed by atoms with Crippen LogP contribution in [0.5, 0.6) is 5.75 Å². The quantitative estimate of drug-likeness (QED) is 0.838. The summed E-state index contributed by atoms with van der Waals surface area (Å²) < 4.78 is 19.4. The molecule has 0 bridgehead atoms. The third-order valence-corrected chi connectivity index (χ3v) is 3.79. The van der Waals surface area contributed by atoms with E-state index in [0.29, 0.717) is 5.75 Å². The number of benzene rings is 1. The van der Waals surface area contributed by atoms with Gasteiger partial charge in [0.1, 0.15) is 17.3 Å². The number of nitrogens with one attached hydrogen (secondary N) is 1. The Morgan fingerprint density at radius 3 is 2.79 bits per heavy atom. The molecule has 19 heavy (non-hydrogen) atoms. The maximum absolute atomic E-state index is 13.2. The van der Waals surface area contributed by atoms with Gasteiger partial charge in [-0.15, -0.1) is 0 Å². The molecule has 1 heterocycles. The molecule has 0 aliphatic heterocycles. The van der Waals surface area contributed by atoms with Crippen LogP contribution in [0.4, 0.5) is 4.39 Å². The van der Waals surface area contributed by atoms with Crippen LogP contribution in [0.3, 0.4) is 0 Å². The summed E-state index contributed by atoms with van der Waals surface area (Å²) in [5.74, 6) is 0.470. The number of rotatable bonds is 4. The summed E-state index contributed by atoms with van der Waals surface area (Å²) in [4.78, 5) is 4.38. The standard InChI is InChI=1S/C14H14FIN2O/c1-17-13(10-6-5-9(15)8-11(10)16)14-12(19-2)4-3-7-18-14/h3-8,13,17H,1-2H3. The molecule has 1 aromatic carbocycles. The van der Waals surface area contributed by atoms with Crippen LogP contribution in [-0.4, -0.2) is 19.1 Å². The summed E-state index contributed by atoms with van der Waals surface area (Å²) in [6.07, 6.45) is 1.72. The third kappa shape index (κ3) is 3.03. The topological polar surface area (TPSA) is 34.2 Å². The zero-order chi connectivity index (χ0) is 13.8. The smallest absolute Gasteiger partial charge is 0.142 e. The summed E-state index contributed by atoms with van der Waals surface area (Å²) in [7, 11) is 3.46. The van der Waals surface area contributed by atoms with Crippen molar-refractivity contribution in [3.63, 3.8) is 0 Å². The predicted molar refractivity (Wildman–Crippen MR) is 80.8 cm³/mol. The highest BCUT2D eigenvalue weighted by atomic mass is 127. The molecule has 1 unspecified atom stereocenters. The van der Waals surface area contributed by atoms with Gasteiger partial charge in [0.15, 0.2) is 0 Å². The number of aromatic nitrogens is 1. The lowest BCUT2D eigenvalue weighted by Crippen LogP contribution is -2.20. The van der Waals surface area contributed by atoms with Gasteiger partial charge in [-0.2, -0.15) is 0 Å². The summed E-state index contributed by atoms with van der Waals surface area (Å²) in [6.45, 7) is 0. The first-order valence-corrected chi connectivity index (χ1v) is 6.86. The Bertz CT molecular complexity index is 577. The molecule has 0 aliphatic rings. The van der Waals surface area contributed by atoms with Gasteiger partial charge < -0.3 is 10.1 Å². The fourth-order valence-corrected chi connectivity index (χ4v) is 2.76. The van der Waals surface area contributed by atoms with Crippen molar-refractivity contribution in [3.05, 3.63) is 57.2 Å². The summed E-state index contributed by atoms with van der Waals surface area (Å²) in [5.41, 5.74) is 1.76. The molecule has 0 spiro atoms. The lowest BCUT2D eigenvalue weighted by Gasteiger charge is -2.19. The molecule has 0 amide bonds. The van der Waals surface area contributed by atoms with Gasteiger partial charge in [0.2, 0.25) is 0 Å². The average Bonchev–Trinajstić information content (AvgIpc) is 2.42. The second-order valence-corrected chi connectivity index (χ2v) is 5.14. The Morgan fingerprint density at radius 2 is 2.16 bits per heavy atom. The van der Waals surface area contributed by atoms with Crippen molar-refractivity contribution in [2.24, 2.45) is 0 Å². The first-order valence-electron chi connectivity index (χ1n) is 5.78. The number of hydrogen-bond donors (Lipinski definition) is 1. The van der Waals surface area contributed by atoms with E-state index < -0.39 is 0 Å². The number of ether oxygens (including phenoxy) is 1. The number of methoxy groups -OCH3 is 1. The van der Waals surface area contributed by atoms with E-state index in [1.54, 1.807) is 19.4 Å². The normalized spacial score (nSPS) is 12.2. The van der Waals surface area contributed by atoms with Crippen LogP contribution in [-0.2, 0) is 0 Å². The van der Waals surface area contributed by atoms with E-state index in [9.17, 15) is 4.39 Å². The number of nitrogens with zero attached hydrogens (tertiary/aromatic N) is 1. The van der Waals surface area contributed by atoms with Crippen molar-refractivity contribution >= 4 is 22.6 Å². The maximum atomic E-state index is 13.2. The van der Waals surface area contributed by atoms with Crippen molar-refractivity contribution in [1.82, 2.24) is 10.3 Å².